The molecule has 0 spiro atoms. The lowest BCUT2D eigenvalue weighted by molar-refractivity contribution is 0.00376. The van der Waals surface area contributed by atoms with Crippen LogP contribution in [0.5, 0.6) is 0 Å². The van der Waals surface area contributed by atoms with Gasteiger partial charge in [-0.05, 0) is 43.6 Å². The van der Waals surface area contributed by atoms with E-state index in [2.05, 4.69) is 18.7 Å². The molecule has 1 atom stereocenters. The molecular weight excluding hydrogens is 212 g/mol. The number of likely N-dealkylation sites (tertiary alicyclic amines) is 1. The van der Waals surface area contributed by atoms with Crippen molar-refractivity contribution in [2.45, 2.75) is 45.6 Å². The smallest absolute Gasteiger partial charge is 0.0469 e. The quantitative estimate of drug-likeness (QED) is 0.818. The van der Waals surface area contributed by atoms with E-state index in [9.17, 15) is 0 Å². The van der Waals surface area contributed by atoms with E-state index < -0.39 is 0 Å². The second-order valence-corrected chi connectivity index (χ2v) is 6.49. The second-order valence-electron chi connectivity index (χ2n) is 6.49. The van der Waals surface area contributed by atoms with Crippen molar-refractivity contribution in [2.75, 3.05) is 32.8 Å². The lowest BCUT2D eigenvalue weighted by Gasteiger charge is -2.45. The molecule has 0 aromatic carbocycles. The summed E-state index contributed by atoms with van der Waals surface area (Å²) >= 11 is 0. The summed E-state index contributed by atoms with van der Waals surface area (Å²) in [7, 11) is 0. The molecule has 0 radical (unpaired) electrons. The molecule has 0 amide bonds. The highest BCUT2D eigenvalue weighted by atomic mass is 16.5. The number of nitrogens with zero attached hydrogens (tertiary/aromatic N) is 1. The van der Waals surface area contributed by atoms with Crippen LogP contribution < -0.4 is 5.73 Å². The number of rotatable bonds is 3. The van der Waals surface area contributed by atoms with Crippen molar-refractivity contribution in [1.29, 1.82) is 0 Å². The fourth-order valence-electron chi connectivity index (χ4n) is 3.49. The van der Waals surface area contributed by atoms with Crippen molar-refractivity contribution in [1.82, 2.24) is 4.90 Å². The first-order chi connectivity index (χ1) is 8.12. The van der Waals surface area contributed by atoms with Crippen molar-refractivity contribution in [3.05, 3.63) is 0 Å². The molecule has 0 aromatic heterocycles. The monoisotopic (exact) mass is 240 g/mol. The highest BCUT2D eigenvalue weighted by Crippen LogP contribution is 2.32. The molecule has 2 aliphatic heterocycles. The summed E-state index contributed by atoms with van der Waals surface area (Å²) in [6.45, 7) is 9.89. The van der Waals surface area contributed by atoms with Gasteiger partial charge < -0.3 is 10.5 Å². The molecule has 0 aromatic rings. The Labute approximate surface area is 106 Å². The van der Waals surface area contributed by atoms with Gasteiger partial charge in [-0.2, -0.15) is 0 Å². The van der Waals surface area contributed by atoms with Crippen LogP contribution >= 0.6 is 0 Å². The number of nitrogens with two attached hydrogens (primary N) is 1. The van der Waals surface area contributed by atoms with E-state index in [0.29, 0.717) is 11.5 Å². The summed E-state index contributed by atoms with van der Waals surface area (Å²) in [6.07, 6.45) is 5.07. The third kappa shape index (κ3) is 3.43. The number of ether oxygens (including phenoxy) is 1. The topological polar surface area (TPSA) is 38.5 Å². The Balaban J connectivity index is 1.96. The third-order valence-corrected chi connectivity index (χ3v) is 4.45. The average molecular weight is 240 g/mol. The predicted molar refractivity (Wildman–Crippen MR) is 71.0 cm³/mol. The van der Waals surface area contributed by atoms with E-state index in [-0.39, 0.29) is 0 Å². The summed E-state index contributed by atoms with van der Waals surface area (Å²) in [6, 6.07) is 0.582. The van der Waals surface area contributed by atoms with Crippen LogP contribution in [0.4, 0.5) is 0 Å². The first-order valence-corrected chi connectivity index (χ1v) is 7.14. The summed E-state index contributed by atoms with van der Waals surface area (Å²) in [4.78, 5) is 2.65. The summed E-state index contributed by atoms with van der Waals surface area (Å²) < 4.78 is 5.46. The van der Waals surface area contributed by atoms with E-state index in [1.165, 1.54) is 38.8 Å². The van der Waals surface area contributed by atoms with Crippen molar-refractivity contribution in [3.8, 4) is 0 Å². The van der Waals surface area contributed by atoms with Gasteiger partial charge in [0.25, 0.3) is 0 Å². The van der Waals surface area contributed by atoms with Gasteiger partial charge in [-0.15, -0.1) is 0 Å². The lowest BCUT2D eigenvalue weighted by atomic mass is 9.81. The van der Waals surface area contributed by atoms with Crippen molar-refractivity contribution in [3.63, 3.8) is 0 Å². The van der Waals surface area contributed by atoms with Gasteiger partial charge in [0.05, 0.1) is 0 Å². The normalized spacial score (nSPS) is 29.1. The zero-order valence-corrected chi connectivity index (χ0v) is 11.5. The molecule has 1 unspecified atom stereocenters. The van der Waals surface area contributed by atoms with Gasteiger partial charge in [0.2, 0.25) is 0 Å². The first-order valence-electron chi connectivity index (χ1n) is 7.14. The largest absolute Gasteiger partial charge is 0.381 e. The van der Waals surface area contributed by atoms with Gasteiger partial charge in [0, 0.05) is 32.3 Å². The predicted octanol–water partition coefficient (Wildman–Crippen LogP) is 1.86. The van der Waals surface area contributed by atoms with Crippen LogP contribution in [0.25, 0.3) is 0 Å². The van der Waals surface area contributed by atoms with E-state index in [4.69, 9.17) is 10.5 Å². The average Bonchev–Trinajstić information content (AvgIpc) is 2.30. The Hall–Kier alpha value is -0.120. The molecule has 3 heteroatoms. The van der Waals surface area contributed by atoms with E-state index in [1.807, 2.05) is 0 Å². The van der Waals surface area contributed by atoms with E-state index in [1.54, 1.807) is 0 Å². The molecule has 2 aliphatic rings. The van der Waals surface area contributed by atoms with Crippen LogP contribution in [0.15, 0.2) is 0 Å². The molecule has 0 aliphatic carbocycles. The minimum atomic E-state index is 0.469. The SMILES string of the molecule is CC1(C)CCCN(C(CN)C2CCOCC2)C1. The van der Waals surface area contributed by atoms with Gasteiger partial charge in [0.1, 0.15) is 0 Å². The molecular formula is C14H28N2O. The lowest BCUT2D eigenvalue weighted by Crippen LogP contribution is -2.52. The zero-order valence-electron chi connectivity index (χ0n) is 11.5. The molecule has 3 nitrogen and oxygen atoms in total. The summed E-state index contributed by atoms with van der Waals surface area (Å²) in [5.41, 5.74) is 6.51. The van der Waals surface area contributed by atoms with Crippen LogP contribution in [0.2, 0.25) is 0 Å². The maximum absolute atomic E-state index is 6.04. The number of hydrogen-bond acceptors (Lipinski definition) is 3. The molecule has 2 rings (SSSR count). The fourth-order valence-corrected chi connectivity index (χ4v) is 3.49. The Morgan fingerprint density at radius 1 is 1.35 bits per heavy atom. The van der Waals surface area contributed by atoms with Crippen LogP contribution in [0, 0.1) is 11.3 Å². The highest BCUT2D eigenvalue weighted by Gasteiger charge is 2.34. The molecule has 0 bridgehead atoms. The Kier molecular flexibility index (Phi) is 4.45. The van der Waals surface area contributed by atoms with Crippen molar-refractivity contribution in [2.24, 2.45) is 17.1 Å². The molecule has 17 heavy (non-hydrogen) atoms. The van der Waals surface area contributed by atoms with Gasteiger partial charge in [0.15, 0.2) is 0 Å². The zero-order chi connectivity index (χ0) is 12.3. The molecule has 100 valence electrons. The van der Waals surface area contributed by atoms with Crippen LogP contribution in [-0.4, -0.2) is 43.8 Å². The van der Waals surface area contributed by atoms with Crippen molar-refractivity contribution < 1.29 is 4.74 Å². The fraction of sp³-hybridized carbons (Fsp3) is 1.00. The molecule has 2 fully saturated rings. The van der Waals surface area contributed by atoms with Crippen molar-refractivity contribution >= 4 is 0 Å². The van der Waals surface area contributed by atoms with Gasteiger partial charge in [-0.1, -0.05) is 13.8 Å². The molecule has 2 heterocycles. The van der Waals surface area contributed by atoms with Crippen LogP contribution in [-0.2, 0) is 4.74 Å². The Bertz CT molecular complexity index is 236. The Morgan fingerprint density at radius 3 is 2.65 bits per heavy atom. The minimum absolute atomic E-state index is 0.469. The highest BCUT2D eigenvalue weighted by molar-refractivity contribution is 4.88. The molecule has 0 saturated carbocycles. The Morgan fingerprint density at radius 2 is 2.06 bits per heavy atom. The van der Waals surface area contributed by atoms with Gasteiger partial charge in [-0.3, -0.25) is 4.90 Å². The summed E-state index contributed by atoms with van der Waals surface area (Å²) in [5.74, 6) is 0.752. The van der Waals surface area contributed by atoms with Gasteiger partial charge in [-0.25, -0.2) is 0 Å². The van der Waals surface area contributed by atoms with Crippen LogP contribution in [0.3, 0.4) is 0 Å². The van der Waals surface area contributed by atoms with E-state index >= 15 is 0 Å². The second kappa shape index (κ2) is 5.68. The number of piperidine rings is 1. The number of hydrogen-bond donors (Lipinski definition) is 1. The molecule has 2 N–H and O–H groups in total. The maximum Gasteiger partial charge on any atom is 0.0469 e. The minimum Gasteiger partial charge on any atom is -0.381 e. The van der Waals surface area contributed by atoms with E-state index in [0.717, 1.165) is 25.7 Å². The standard InChI is InChI=1S/C14H28N2O/c1-14(2)6-3-7-16(11-14)13(10-15)12-4-8-17-9-5-12/h12-13H,3-11,15H2,1-2H3. The van der Waals surface area contributed by atoms with Crippen LogP contribution in [0.1, 0.15) is 39.5 Å². The van der Waals surface area contributed by atoms with Gasteiger partial charge >= 0.3 is 0 Å². The summed E-state index contributed by atoms with van der Waals surface area (Å²) in [5, 5.41) is 0. The maximum atomic E-state index is 6.04. The first kappa shape index (κ1) is 13.3. The molecule has 2 saturated heterocycles. The third-order valence-electron chi connectivity index (χ3n) is 4.45.